The molecular formula is C14H7ClF3N3. The Morgan fingerprint density at radius 2 is 1.62 bits per heavy atom. The van der Waals surface area contributed by atoms with Gasteiger partial charge in [-0.2, -0.15) is 0 Å². The Bertz CT molecular complexity index is 839. The van der Waals surface area contributed by atoms with Gasteiger partial charge in [-0.25, -0.2) is 18.2 Å². The van der Waals surface area contributed by atoms with Crippen LogP contribution in [0.4, 0.5) is 24.7 Å². The van der Waals surface area contributed by atoms with Gasteiger partial charge in [0, 0.05) is 17.8 Å². The van der Waals surface area contributed by atoms with Crippen LogP contribution in [0.15, 0.2) is 36.5 Å². The van der Waals surface area contributed by atoms with E-state index >= 15 is 0 Å². The number of fused-ring (bicyclic) bond motifs is 1. The predicted molar refractivity (Wildman–Crippen MR) is 74.1 cm³/mol. The zero-order valence-corrected chi connectivity index (χ0v) is 11.1. The number of aromatic nitrogens is 2. The van der Waals surface area contributed by atoms with Gasteiger partial charge in [-0.15, -0.1) is 0 Å². The zero-order chi connectivity index (χ0) is 15.0. The minimum atomic E-state index is -1.00. The molecule has 1 N–H and O–H groups in total. The van der Waals surface area contributed by atoms with Crippen molar-refractivity contribution < 1.29 is 13.2 Å². The van der Waals surface area contributed by atoms with E-state index in [1.54, 1.807) is 0 Å². The van der Waals surface area contributed by atoms with Gasteiger partial charge >= 0.3 is 0 Å². The number of anilines is 2. The minimum Gasteiger partial charge on any atom is -0.339 e. The average Bonchev–Trinajstić information content (AvgIpc) is 2.44. The third-order valence-corrected chi connectivity index (χ3v) is 3.07. The van der Waals surface area contributed by atoms with Crippen LogP contribution in [0.3, 0.4) is 0 Å². The molecular weight excluding hydrogens is 303 g/mol. The molecule has 0 spiro atoms. The third-order valence-electron chi connectivity index (χ3n) is 2.78. The molecule has 0 aliphatic heterocycles. The van der Waals surface area contributed by atoms with E-state index in [9.17, 15) is 13.2 Å². The van der Waals surface area contributed by atoms with Crippen LogP contribution < -0.4 is 5.32 Å². The van der Waals surface area contributed by atoms with Crippen molar-refractivity contribution in [3.8, 4) is 0 Å². The summed E-state index contributed by atoms with van der Waals surface area (Å²) in [5.74, 6) is -2.22. The third kappa shape index (κ3) is 2.75. The maximum Gasteiger partial charge on any atom is 0.161 e. The van der Waals surface area contributed by atoms with Crippen molar-refractivity contribution in [2.45, 2.75) is 0 Å². The SMILES string of the molecule is Fc1cc2ncc(Nc3ccc(F)c(Cl)c3)nc2cc1F. The molecule has 0 saturated heterocycles. The van der Waals surface area contributed by atoms with Gasteiger partial charge in [-0.3, -0.25) is 4.98 Å². The Morgan fingerprint density at radius 3 is 2.33 bits per heavy atom. The van der Waals surface area contributed by atoms with Crippen molar-refractivity contribution in [2.24, 2.45) is 0 Å². The highest BCUT2D eigenvalue weighted by Gasteiger charge is 2.08. The predicted octanol–water partition coefficient (Wildman–Crippen LogP) is 4.44. The summed E-state index contributed by atoms with van der Waals surface area (Å²) >= 11 is 5.67. The lowest BCUT2D eigenvalue weighted by Crippen LogP contribution is -1.97. The van der Waals surface area contributed by atoms with Crippen LogP contribution in [0.25, 0.3) is 11.0 Å². The second-order valence-corrected chi connectivity index (χ2v) is 4.67. The Labute approximate surface area is 122 Å². The number of hydrogen-bond acceptors (Lipinski definition) is 3. The molecule has 1 heterocycles. The van der Waals surface area contributed by atoms with Crippen LogP contribution in [0.1, 0.15) is 0 Å². The number of halogens is 4. The summed E-state index contributed by atoms with van der Waals surface area (Å²) in [7, 11) is 0. The van der Waals surface area contributed by atoms with Crippen LogP contribution in [0, 0.1) is 17.5 Å². The maximum atomic E-state index is 13.2. The molecule has 106 valence electrons. The summed E-state index contributed by atoms with van der Waals surface area (Å²) in [6.07, 6.45) is 1.36. The highest BCUT2D eigenvalue weighted by molar-refractivity contribution is 6.31. The topological polar surface area (TPSA) is 37.8 Å². The lowest BCUT2D eigenvalue weighted by atomic mass is 10.3. The van der Waals surface area contributed by atoms with Gasteiger partial charge in [-0.1, -0.05) is 11.6 Å². The molecule has 0 unspecified atom stereocenters. The Balaban J connectivity index is 1.97. The van der Waals surface area contributed by atoms with Crippen molar-refractivity contribution in [1.29, 1.82) is 0 Å². The second kappa shape index (κ2) is 5.21. The van der Waals surface area contributed by atoms with Crippen LogP contribution in [-0.4, -0.2) is 9.97 Å². The number of hydrogen-bond donors (Lipinski definition) is 1. The average molecular weight is 310 g/mol. The van der Waals surface area contributed by atoms with E-state index < -0.39 is 17.5 Å². The fourth-order valence-corrected chi connectivity index (χ4v) is 1.97. The maximum absolute atomic E-state index is 13.2. The molecule has 3 nitrogen and oxygen atoms in total. The first-order valence-electron chi connectivity index (χ1n) is 5.87. The number of rotatable bonds is 2. The van der Waals surface area contributed by atoms with Crippen molar-refractivity contribution >= 4 is 34.1 Å². The van der Waals surface area contributed by atoms with E-state index in [0.717, 1.165) is 12.1 Å². The van der Waals surface area contributed by atoms with Crippen molar-refractivity contribution in [1.82, 2.24) is 9.97 Å². The largest absolute Gasteiger partial charge is 0.339 e. The van der Waals surface area contributed by atoms with Gasteiger partial charge in [-0.05, 0) is 18.2 Å². The fourth-order valence-electron chi connectivity index (χ4n) is 1.79. The number of nitrogens with one attached hydrogen (secondary N) is 1. The lowest BCUT2D eigenvalue weighted by Gasteiger charge is -2.07. The van der Waals surface area contributed by atoms with Gasteiger partial charge < -0.3 is 5.32 Å². The lowest BCUT2D eigenvalue weighted by molar-refractivity contribution is 0.510. The molecule has 0 fully saturated rings. The van der Waals surface area contributed by atoms with Gasteiger partial charge in [0.05, 0.1) is 22.3 Å². The smallest absolute Gasteiger partial charge is 0.161 e. The molecule has 0 amide bonds. The van der Waals surface area contributed by atoms with E-state index in [1.165, 1.54) is 24.4 Å². The van der Waals surface area contributed by atoms with Crippen LogP contribution >= 0.6 is 11.6 Å². The first-order chi connectivity index (χ1) is 10.0. The summed E-state index contributed by atoms with van der Waals surface area (Å²) in [5, 5.41) is 2.82. The Kier molecular flexibility index (Phi) is 3.39. The first kappa shape index (κ1) is 13.6. The summed E-state index contributed by atoms with van der Waals surface area (Å²) in [6.45, 7) is 0. The van der Waals surface area contributed by atoms with E-state index in [2.05, 4.69) is 15.3 Å². The number of nitrogens with zero attached hydrogens (tertiary/aromatic N) is 2. The standard InChI is InChI=1S/C14H7ClF3N3/c15-8-3-7(1-2-9(8)16)20-14-6-19-12-4-10(17)11(18)5-13(12)21-14/h1-6H,(H,20,21). The van der Waals surface area contributed by atoms with Gasteiger partial charge in [0.25, 0.3) is 0 Å². The normalized spacial score (nSPS) is 10.9. The molecule has 0 saturated carbocycles. The van der Waals surface area contributed by atoms with Crippen LogP contribution in [0.2, 0.25) is 5.02 Å². The minimum absolute atomic E-state index is 0.0399. The first-order valence-corrected chi connectivity index (χ1v) is 6.24. The highest BCUT2D eigenvalue weighted by Crippen LogP contribution is 2.23. The molecule has 0 aliphatic rings. The van der Waals surface area contributed by atoms with Crippen molar-refractivity contribution in [2.75, 3.05) is 5.32 Å². The summed E-state index contributed by atoms with van der Waals surface area (Å²) in [6, 6.07) is 5.98. The molecule has 0 bridgehead atoms. The molecule has 3 aromatic rings. The monoisotopic (exact) mass is 309 g/mol. The highest BCUT2D eigenvalue weighted by atomic mass is 35.5. The van der Waals surface area contributed by atoms with E-state index in [4.69, 9.17) is 11.6 Å². The zero-order valence-electron chi connectivity index (χ0n) is 10.4. The quantitative estimate of drug-likeness (QED) is 0.760. The van der Waals surface area contributed by atoms with E-state index in [-0.39, 0.29) is 16.1 Å². The summed E-state index contributed by atoms with van der Waals surface area (Å²) < 4.78 is 39.3. The van der Waals surface area contributed by atoms with Gasteiger partial charge in [0.15, 0.2) is 11.6 Å². The Morgan fingerprint density at radius 1 is 0.905 bits per heavy atom. The molecule has 1 aromatic heterocycles. The van der Waals surface area contributed by atoms with E-state index in [0.29, 0.717) is 11.5 Å². The Hall–Kier alpha value is -2.34. The molecule has 0 aliphatic carbocycles. The number of benzene rings is 2. The van der Waals surface area contributed by atoms with Crippen molar-refractivity contribution in [3.63, 3.8) is 0 Å². The molecule has 7 heteroatoms. The molecule has 3 rings (SSSR count). The molecule has 0 atom stereocenters. The molecule has 2 aromatic carbocycles. The van der Waals surface area contributed by atoms with Crippen molar-refractivity contribution in [3.05, 3.63) is 59.0 Å². The summed E-state index contributed by atoms with van der Waals surface area (Å²) in [4.78, 5) is 8.09. The van der Waals surface area contributed by atoms with Crippen LogP contribution in [0.5, 0.6) is 0 Å². The molecule has 0 radical (unpaired) electrons. The van der Waals surface area contributed by atoms with Crippen LogP contribution in [-0.2, 0) is 0 Å². The van der Waals surface area contributed by atoms with Gasteiger partial charge in [0.2, 0.25) is 0 Å². The van der Waals surface area contributed by atoms with Gasteiger partial charge in [0.1, 0.15) is 11.6 Å². The summed E-state index contributed by atoms with van der Waals surface area (Å²) in [5.41, 5.74) is 0.932. The molecule has 21 heavy (non-hydrogen) atoms. The van der Waals surface area contributed by atoms with E-state index in [1.807, 2.05) is 0 Å². The second-order valence-electron chi connectivity index (χ2n) is 4.26. The fraction of sp³-hybridized carbons (Fsp3) is 0.